The molecule has 0 bridgehead atoms. The number of hydrogen-bond acceptors (Lipinski definition) is 7. The van der Waals surface area contributed by atoms with Crippen LogP contribution in [0.25, 0.3) is 0 Å². The molecule has 1 aromatic heterocycles. The Labute approximate surface area is 155 Å². The van der Waals surface area contributed by atoms with Gasteiger partial charge in [0.15, 0.2) is 17.2 Å². The lowest BCUT2D eigenvalue weighted by molar-refractivity contribution is -0.135. The van der Waals surface area contributed by atoms with Gasteiger partial charge < -0.3 is 23.9 Å². The van der Waals surface area contributed by atoms with Crippen LogP contribution < -0.4 is 19.8 Å². The van der Waals surface area contributed by atoms with E-state index in [4.69, 9.17) is 18.9 Å². The van der Waals surface area contributed by atoms with Crippen molar-refractivity contribution in [3.8, 4) is 17.2 Å². The lowest BCUT2D eigenvalue weighted by Crippen LogP contribution is -2.30. The van der Waals surface area contributed by atoms with Gasteiger partial charge in [0.1, 0.15) is 5.56 Å². The molecule has 0 saturated carbocycles. The molecule has 0 spiro atoms. The zero-order chi connectivity index (χ0) is 19.6. The molecule has 1 unspecified atom stereocenters. The number of fused-ring (bicyclic) bond motifs is 1. The predicted molar refractivity (Wildman–Crippen MR) is 94.7 cm³/mol. The fourth-order valence-corrected chi connectivity index (χ4v) is 3.09. The predicted octanol–water partition coefficient (Wildman–Crippen LogP) is 2.01. The molecule has 8 heteroatoms. The number of carbonyl (C=O) groups is 2. The minimum Gasteiger partial charge on any atom is -0.493 e. The summed E-state index contributed by atoms with van der Waals surface area (Å²) in [7, 11) is 3.01. The molecule has 27 heavy (non-hydrogen) atoms. The number of rotatable bonds is 5. The standard InChI is InChI=1S/C19H19NO7/c1-4-26-19(23)12-9-20-18(22)16-11(8-15(21)27-17(12)16)10-5-6-13(24-2)14(7-10)25-3/h5-7,9,11H,4,8H2,1-3H3,(H,20,22). The van der Waals surface area contributed by atoms with Gasteiger partial charge in [-0.05, 0) is 24.6 Å². The van der Waals surface area contributed by atoms with Crippen LogP contribution >= 0.6 is 0 Å². The summed E-state index contributed by atoms with van der Waals surface area (Å²) in [6, 6.07) is 5.13. The Morgan fingerprint density at radius 2 is 1.96 bits per heavy atom. The number of ether oxygens (including phenoxy) is 4. The van der Waals surface area contributed by atoms with E-state index in [0.29, 0.717) is 17.1 Å². The molecule has 1 atom stereocenters. The zero-order valence-corrected chi connectivity index (χ0v) is 15.2. The highest BCUT2D eigenvalue weighted by Gasteiger charge is 2.35. The molecule has 142 valence electrons. The van der Waals surface area contributed by atoms with E-state index < -0.39 is 23.4 Å². The molecule has 2 heterocycles. The monoisotopic (exact) mass is 373 g/mol. The first-order valence-corrected chi connectivity index (χ1v) is 8.35. The first-order chi connectivity index (χ1) is 13.0. The Kier molecular flexibility index (Phi) is 5.16. The quantitative estimate of drug-likeness (QED) is 0.800. The van der Waals surface area contributed by atoms with Crippen LogP contribution in [0.15, 0.2) is 29.2 Å². The van der Waals surface area contributed by atoms with Crippen LogP contribution in [0.5, 0.6) is 17.2 Å². The third-order valence-corrected chi connectivity index (χ3v) is 4.32. The number of methoxy groups -OCH3 is 2. The summed E-state index contributed by atoms with van der Waals surface area (Å²) in [5.41, 5.74) is 0.430. The van der Waals surface area contributed by atoms with Gasteiger partial charge in [-0.15, -0.1) is 0 Å². The van der Waals surface area contributed by atoms with Gasteiger partial charge in [-0.3, -0.25) is 9.59 Å². The van der Waals surface area contributed by atoms with Crippen LogP contribution in [0.2, 0.25) is 0 Å². The zero-order valence-electron chi connectivity index (χ0n) is 15.2. The number of H-pyrrole nitrogens is 1. The number of carbonyl (C=O) groups excluding carboxylic acids is 2. The van der Waals surface area contributed by atoms with E-state index in [1.165, 1.54) is 20.4 Å². The molecular weight excluding hydrogens is 354 g/mol. The second-order valence-corrected chi connectivity index (χ2v) is 5.84. The molecule has 0 fully saturated rings. The second-order valence-electron chi connectivity index (χ2n) is 5.84. The third kappa shape index (κ3) is 3.38. The molecule has 0 aliphatic carbocycles. The molecule has 1 aromatic carbocycles. The maximum atomic E-state index is 12.5. The van der Waals surface area contributed by atoms with Crippen molar-refractivity contribution >= 4 is 11.9 Å². The van der Waals surface area contributed by atoms with Gasteiger partial charge in [0.05, 0.1) is 32.8 Å². The van der Waals surface area contributed by atoms with Crippen molar-refractivity contribution in [1.29, 1.82) is 0 Å². The molecule has 1 aliphatic rings. The highest BCUT2D eigenvalue weighted by Crippen LogP contribution is 2.40. The van der Waals surface area contributed by atoms with E-state index in [1.807, 2.05) is 0 Å². The average Bonchev–Trinajstić information content (AvgIpc) is 2.67. The second kappa shape index (κ2) is 7.53. The first kappa shape index (κ1) is 18.5. The molecule has 0 saturated heterocycles. The van der Waals surface area contributed by atoms with Gasteiger partial charge in [0.2, 0.25) is 0 Å². The normalized spacial score (nSPS) is 15.5. The van der Waals surface area contributed by atoms with Crippen molar-refractivity contribution in [3.63, 3.8) is 0 Å². The highest BCUT2D eigenvalue weighted by atomic mass is 16.5. The summed E-state index contributed by atoms with van der Waals surface area (Å²) in [5, 5.41) is 0. The Morgan fingerprint density at radius 3 is 2.63 bits per heavy atom. The van der Waals surface area contributed by atoms with Gasteiger partial charge in [-0.1, -0.05) is 6.07 Å². The Hall–Kier alpha value is -3.29. The van der Waals surface area contributed by atoms with E-state index in [-0.39, 0.29) is 29.9 Å². The van der Waals surface area contributed by atoms with Gasteiger partial charge >= 0.3 is 11.9 Å². The molecule has 1 N–H and O–H groups in total. The number of nitrogens with one attached hydrogen (secondary N) is 1. The van der Waals surface area contributed by atoms with E-state index in [0.717, 1.165) is 0 Å². The lowest BCUT2D eigenvalue weighted by Gasteiger charge is -2.25. The number of pyridine rings is 1. The van der Waals surface area contributed by atoms with E-state index >= 15 is 0 Å². The first-order valence-electron chi connectivity index (χ1n) is 8.35. The smallest absolute Gasteiger partial charge is 0.343 e. The summed E-state index contributed by atoms with van der Waals surface area (Å²) in [4.78, 5) is 39.4. The van der Waals surface area contributed by atoms with Crippen molar-refractivity contribution in [2.24, 2.45) is 0 Å². The van der Waals surface area contributed by atoms with Crippen LogP contribution in [0.1, 0.15) is 40.7 Å². The summed E-state index contributed by atoms with van der Waals surface area (Å²) >= 11 is 0. The van der Waals surface area contributed by atoms with Gasteiger partial charge in [0, 0.05) is 12.1 Å². The third-order valence-electron chi connectivity index (χ3n) is 4.32. The van der Waals surface area contributed by atoms with Gasteiger partial charge in [-0.25, -0.2) is 4.79 Å². The van der Waals surface area contributed by atoms with Gasteiger partial charge in [-0.2, -0.15) is 0 Å². The van der Waals surface area contributed by atoms with Crippen molar-refractivity contribution in [3.05, 3.63) is 51.4 Å². The van der Waals surface area contributed by atoms with Crippen LogP contribution in [0.4, 0.5) is 0 Å². The molecular formula is C19H19NO7. The Balaban J connectivity index is 2.16. The van der Waals surface area contributed by atoms with E-state index in [9.17, 15) is 14.4 Å². The number of hydrogen-bond donors (Lipinski definition) is 1. The number of aromatic nitrogens is 1. The Morgan fingerprint density at radius 1 is 1.22 bits per heavy atom. The number of esters is 2. The fraction of sp³-hybridized carbons (Fsp3) is 0.316. The molecule has 2 aromatic rings. The summed E-state index contributed by atoms with van der Waals surface area (Å²) in [6.07, 6.45) is 1.15. The summed E-state index contributed by atoms with van der Waals surface area (Å²) in [6.45, 7) is 1.81. The van der Waals surface area contributed by atoms with Crippen molar-refractivity contribution < 1.29 is 28.5 Å². The molecule has 8 nitrogen and oxygen atoms in total. The minimum atomic E-state index is -0.675. The molecule has 0 amide bonds. The van der Waals surface area contributed by atoms with Crippen molar-refractivity contribution in [2.45, 2.75) is 19.3 Å². The molecule has 0 radical (unpaired) electrons. The minimum absolute atomic E-state index is 0.00461. The van der Waals surface area contributed by atoms with Crippen LogP contribution in [0.3, 0.4) is 0 Å². The fourth-order valence-electron chi connectivity index (χ4n) is 3.09. The topological polar surface area (TPSA) is 104 Å². The lowest BCUT2D eigenvalue weighted by atomic mass is 9.86. The molecule has 3 rings (SSSR count). The summed E-state index contributed by atoms with van der Waals surface area (Å²) < 4.78 is 20.8. The van der Waals surface area contributed by atoms with E-state index in [1.54, 1.807) is 25.1 Å². The highest BCUT2D eigenvalue weighted by molar-refractivity contribution is 5.94. The summed E-state index contributed by atoms with van der Waals surface area (Å²) in [5.74, 6) is -0.890. The van der Waals surface area contributed by atoms with Crippen LogP contribution in [0, 0.1) is 0 Å². The number of aromatic amines is 1. The SMILES string of the molecule is CCOC(=O)c1c[nH]c(=O)c2c1OC(=O)CC2c1ccc(OC)c(OC)c1. The van der Waals surface area contributed by atoms with Gasteiger partial charge in [0.25, 0.3) is 5.56 Å². The van der Waals surface area contributed by atoms with Crippen molar-refractivity contribution in [1.82, 2.24) is 4.98 Å². The van der Waals surface area contributed by atoms with Crippen molar-refractivity contribution in [2.75, 3.05) is 20.8 Å². The maximum Gasteiger partial charge on any atom is 0.343 e. The number of benzene rings is 1. The maximum absolute atomic E-state index is 12.5. The largest absolute Gasteiger partial charge is 0.493 e. The van der Waals surface area contributed by atoms with Crippen LogP contribution in [-0.2, 0) is 9.53 Å². The van der Waals surface area contributed by atoms with Crippen LogP contribution in [-0.4, -0.2) is 37.7 Å². The average molecular weight is 373 g/mol. The molecule has 1 aliphatic heterocycles. The van der Waals surface area contributed by atoms with E-state index in [2.05, 4.69) is 4.98 Å². The Bertz CT molecular complexity index is 948.